The van der Waals surface area contributed by atoms with Gasteiger partial charge in [-0.25, -0.2) is 4.79 Å². The molecule has 5 heteroatoms. The molecule has 2 aromatic rings. The summed E-state index contributed by atoms with van der Waals surface area (Å²) < 4.78 is 5.35. The van der Waals surface area contributed by atoms with Gasteiger partial charge in [0.25, 0.3) is 0 Å². The number of aromatic hydroxyl groups is 1. The number of carbonyl (C=O) groups is 1. The zero-order valence-electron chi connectivity index (χ0n) is 18.1. The Morgan fingerprint density at radius 3 is 2.14 bits per heavy atom. The highest BCUT2D eigenvalue weighted by Gasteiger charge is 2.30. The van der Waals surface area contributed by atoms with Crippen LogP contribution < -0.4 is 5.32 Å². The smallest absolute Gasteiger partial charge is 0.327 e. The summed E-state index contributed by atoms with van der Waals surface area (Å²) in [5.74, 6) is 0.00841. The van der Waals surface area contributed by atoms with Gasteiger partial charge in [-0.1, -0.05) is 47.6 Å². The predicted octanol–water partition coefficient (Wildman–Crippen LogP) is 5.44. The lowest BCUT2D eigenvalue weighted by Gasteiger charge is -2.29. The van der Waals surface area contributed by atoms with Crippen molar-refractivity contribution < 1.29 is 14.6 Å². The first-order valence-electron chi connectivity index (χ1n) is 9.75. The van der Waals surface area contributed by atoms with Crippen molar-refractivity contribution in [3.8, 4) is 5.75 Å². The van der Waals surface area contributed by atoms with E-state index in [-0.39, 0.29) is 16.8 Å². The summed E-state index contributed by atoms with van der Waals surface area (Å²) in [6.45, 7) is 15.1. The molecule has 2 rings (SSSR count). The van der Waals surface area contributed by atoms with E-state index < -0.39 is 6.04 Å². The largest absolute Gasteiger partial charge is 0.507 e. The summed E-state index contributed by atoms with van der Waals surface area (Å²) in [7, 11) is 0. The lowest BCUT2D eigenvalue weighted by molar-refractivity contribution is -0.145. The average molecular weight is 404 g/mol. The van der Waals surface area contributed by atoms with Crippen molar-refractivity contribution in [3.63, 3.8) is 0 Å². The van der Waals surface area contributed by atoms with Gasteiger partial charge >= 0.3 is 5.97 Å². The van der Waals surface area contributed by atoms with Gasteiger partial charge in [-0.15, -0.1) is 11.3 Å². The zero-order valence-corrected chi connectivity index (χ0v) is 18.9. The first-order chi connectivity index (χ1) is 12.9. The minimum absolute atomic E-state index is 0.257. The van der Waals surface area contributed by atoms with Crippen LogP contribution in [0, 0.1) is 0 Å². The van der Waals surface area contributed by atoms with Gasteiger partial charge in [-0.2, -0.15) is 0 Å². The second-order valence-electron chi connectivity index (χ2n) is 9.11. The van der Waals surface area contributed by atoms with Crippen molar-refractivity contribution in [3.05, 3.63) is 51.2 Å². The van der Waals surface area contributed by atoms with Gasteiger partial charge in [0.1, 0.15) is 11.8 Å². The molecule has 0 aliphatic carbocycles. The molecule has 0 aliphatic heterocycles. The Hall–Kier alpha value is -1.85. The fraction of sp³-hybridized carbons (Fsp3) is 0.522. The second-order valence-corrected chi connectivity index (χ2v) is 10.1. The molecule has 0 spiro atoms. The van der Waals surface area contributed by atoms with Gasteiger partial charge in [0.05, 0.1) is 6.61 Å². The molecule has 0 saturated heterocycles. The Bertz CT molecular complexity index is 763. The van der Waals surface area contributed by atoms with Gasteiger partial charge in [-0.05, 0) is 58.0 Å². The maximum atomic E-state index is 12.8. The number of hydrogen-bond donors (Lipinski definition) is 2. The van der Waals surface area contributed by atoms with Gasteiger partial charge in [0.15, 0.2) is 0 Å². The monoisotopic (exact) mass is 403 g/mol. The minimum Gasteiger partial charge on any atom is -0.507 e. The molecule has 0 fully saturated rings. The summed E-state index contributed by atoms with van der Waals surface area (Å²) in [5.41, 5.74) is 1.98. The van der Waals surface area contributed by atoms with Crippen LogP contribution in [0.15, 0.2) is 29.6 Å². The third-order valence-electron chi connectivity index (χ3n) is 4.66. The van der Waals surface area contributed by atoms with E-state index in [2.05, 4.69) is 46.9 Å². The highest BCUT2D eigenvalue weighted by Crippen LogP contribution is 2.41. The number of ether oxygens (including phenoxy) is 1. The molecule has 1 unspecified atom stereocenters. The molecule has 0 aliphatic rings. The van der Waals surface area contributed by atoms with Gasteiger partial charge < -0.3 is 9.84 Å². The Morgan fingerprint density at radius 2 is 1.71 bits per heavy atom. The second kappa shape index (κ2) is 8.66. The molecule has 28 heavy (non-hydrogen) atoms. The van der Waals surface area contributed by atoms with Crippen molar-refractivity contribution in [2.24, 2.45) is 0 Å². The first kappa shape index (κ1) is 22.4. The van der Waals surface area contributed by atoms with Crippen molar-refractivity contribution in [1.82, 2.24) is 5.32 Å². The summed E-state index contributed by atoms with van der Waals surface area (Å²) in [5, 5.41) is 16.3. The number of hydrogen-bond acceptors (Lipinski definition) is 5. The summed E-state index contributed by atoms with van der Waals surface area (Å²) in [4.78, 5) is 13.9. The quantitative estimate of drug-likeness (QED) is 0.630. The van der Waals surface area contributed by atoms with Crippen molar-refractivity contribution >= 4 is 17.3 Å². The molecule has 1 aromatic heterocycles. The highest BCUT2D eigenvalue weighted by molar-refractivity contribution is 7.09. The number of phenolic OH excluding ortho intramolecular Hbond substituents is 1. The van der Waals surface area contributed by atoms with Crippen LogP contribution in [0.4, 0.5) is 0 Å². The first-order valence-corrected chi connectivity index (χ1v) is 10.6. The Morgan fingerprint density at radius 1 is 1.14 bits per heavy atom. The molecule has 0 bridgehead atoms. The van der Waals surface area contributed by atoms with Gasteiger partial charge in [-0.3, -0.25) is 5.32 Å². The van der Waals surface area contributed by atoms with Crippen molar-refractivity contribution in [2.45, 2.75) is 71.9 Å². The SMILES string of the molecule is CCOC(=O)C(NCc1cccs1)c1cc(C(C)(C)C)c(O)c(C(C)(C)C)c1. The van der Waals surface area contributed by atoms with Gasteiger partial charge in [0, 0.05) is 11.4 Å². The molecule has 0 amide bonds. The number of nitrogens with one attached hydrogen (secondary N) is 1. The standard InChI is InChI=1S/C23H33NO3S/c1-8-27-21(26)19(24-14-16-10-9-11-28-16)15-12-17(22(2,3)4)20(25)18(13-15)23(5,6)7/h9-13,19,24-25H,8,14H2,1-7H3. The molecule has 154 valence electrons. The lowest BCUT2D eigenvalue weighted by atomic mass is 9.77. The average Bonchev–Trinajstić information content (AvgIpc) is 3.07. The fourth-order valence-corrected chi connectivity index (χ4v) is 3.80. The van der Waals surface area contributed by atoms with E-state index in [9.17, 15) is 9.90 Å². The molecule has 0 saturated carbocycles. The van der Waals surface area contributed by atoms with Crippen LogP contribution >= 0.6 is 11.3 Å². The van der Waals surface area contributed by atoms with Crippen LogP contribution in [-0.2, 0) is 26.9 Å². The van der Waals surface area contributed by atoms with E-state index in [0.717, 1.165) is 21.6 Å². The number of thiophene rings is 1. The summed E-state index contributed by atoms with van der Waals surface area (Å²) in [6.07, 6.45) is 0. The van der Waals surface area contributed by atoms with Crippen molar-refractivity contribution in [2.75, 3.05) is 6.61 Å². The molecule has 1 aromatic carbocycles. The maximum absolute atomic E-state index is 12.8. The molecule has 2 N–H and O–H groups in total. The van der Waals surface area contributed by atoms with Crippen LogP contribution in [0.3, 0.4) is 0 Å². The van der Waals surface area contributed by atoms with Crippen LogP contribution in [0.25, 0.3) is 0 Å². The van der Waals surface area contributed by atoms with Crippen LogP contribution in [0.1, 0.15) is 76.1 Å². The fourth-order valence-electron chi connectivity index (χ4n) is 3.15. The van der Waals surface area contributed by atoms with Crippen LogP contribution in [0.2, 0.25) is 0 Å². The zero-order chi connectivity index (χ0) is 21.1. The molecule has 0 radical (unpaired) electrons. The number of esters is 1. The maximum Gasteiger partial charge on any atom is 0.327 e. The Balaban J connectivity index is 2.55. The topological polar surface area (TPSA) is 58.6 Å². The summed E-state index contributed by atoms with van der Waals surface area (Å²) >= 11 is 1.65. The minimum atomic E-state index is -0.593. The number of phenols is 1. The predicted molar refractivity (Wildman–Crippen MR) is 116 cm³/mol. The summed E-state index contributed by atoms with van der Waals surface area (Å²) in [6, 6.07) is 7.32. The normalized spacial score (nSPS) is 13.4. The van der Waals surface area contributed by atoms with E-state index in [1.54, 1.807) is 11.3 Å². The number of rotatable bonds is 6. The molecular formula is C23H33NO3S. The number of carbonyl (C=O) groups excluding carboxylic acids is 1. The van der Waals surface area contributed by atoms with Crippen LogP contribution in [-0.4, -0.2) is 17.7 Å². The van der Waals surface area contributed by atoms with E-state index >= 15 is 0 Å². The molecule has 1 atom stereocenters. The molecular weight excluding hydrogens is 370 g/mol. The Kier molecular flexibility index (Phi) is 6.94. The lowest BCUT2D eigenvalue weighted by Crippen LogP contribution is -2.31. The van der Waals surface area contributed by atoms with E-state index in [0.29, 0.717) is 18.9 Å². The highest BCUT2D eigenvalue weighted by atomic mass is 32.1. The van der Waals surface area contributed by atoms with Crippen molar-refractivity contribution in [1.29, 1.82) is 0 Å². The Labute approximate surface area is 172 Å². The number of benzene rings is 1. The third kappa shape index (κ3) is 5.36. The van der Waals surface area contributed by atoms with E-state index in [1.165, 1.54) is 0 Å². The van der Waals surface area contributed by atoms with E-state index in [1.807, 2.05) is 36.6 Å². The molecule has 4 nitrogen and oxygen atoms in total. The third-order valence-corrected chi connectivity index (χ3v) is 5.54. The van der Waals surface area contributed by atoms with E-state index in [4.69, 9.17) is 4.74 Å². The molecule has 1 heterocycles. The van der Waals surface area contributed by atoms with Crippen LogP contribution in [0.5, 0.6) is 5.75 Å². The van der Waals surface area contributed by atoms with Gasteiger partial charge in [0.2, 0.25) is 0 Å².